The molecule has 22 heavy (non-hydrogen) atoms. The lowest BCUT2D eigenvalue weighted by molar-refractivity contribution is 0.112. The van der Waals surface area contributed by atoms with Gasteiger partial charge < -0.3 is 0 Å². The van der Waals surface area contributed by atoms with Crippen molar-refractivity contribution in [2.75, 3.05) is 0 Å². The summed E-state index contributed by atoms with van der Waals surface area (Å²) in [7, 11) is 0. The molecule has 0 saturated carbocycles. The highest BCUT2D eigenvalue weighted by Gasteiger charge is 2.09. The summed E-state index contributed by atoms with van der Waals surface area (Å²) in [6.45, 7) is 1.94. The van der Waals surface area contributed by atoms with Crippen molar-refractivity contribution < 1.29 is 4.79 Å². The van der Waals surface area contributed by atoms with Crippen LogP contribution in [-0.4, -0.2) is 16.1 Å². The maximum Gasteiger partial charge on any atom is 0.272 e. The predicted molar refractivity (Wildman–Crippen MR) is 87.0 cm³/mol. The summed E-state index contributed by atoms with van der Waals surface area (Å²) >= 11 is 6.06. The third kappa shape index (κ3) is 2.73. The lowest BCUT2D eigenvalue weighted by Gasteiger charge is -2.04. The summed E-state index contributed by atoms with van der Waals surface area (Å²) in [6, 6.07) is 12.4. The number of nitrogens with zero attached hydrogens (tertiary/aromatic N) is 1. The molecule has 0 amide bonds. The van der Waals surface area contributed by atoms with Crippen LogP contribution in [0.2, 0.25) is 5.02 Å². The first-order valence-corrected chi connectivity index (χ1v) is 7.09. The third-order valence-corrected chi connectivity index (χ3v) is 3.61. The van der Waals surface area contributed by atoms with Crippen molar-refractivity contribution in [3.05, 3.63) is 75.2 Å². The SMILES string of the molecule is Cc1cc(Cl)cc(-n2cc(-c3ccc(C=O)cc3)c(=O)[nH]2)c1. The molecule has 0 fully saturated rings. The Morgan fingerprint density at radius 2 is 1.86 bits per heavy atom. The molecule has 0 bridgehead atoms. The first-order chi connectivity index (χ1) is 10.6. The maximum atomic E-state index is 12.2. The molecule has 5 heteroatoms. The number of halogens is 1. The Balaban J connectivity index is 2.06. The smallest absolute Gasteiger partial charge is 0.272 e. The lowest BCUT2D eigenvalue weighted by atomic mass is 10.1. The normalized spacial score (nSPS) is 10.6. The number of benzene rings is 2. The van der Waals surface area contributed by atoms with Crippen LogP contribution in [0.25, 0.3) is 16.8 Å². The number of aromatic amines is 1. The standard InChI is InChI=1S/C17H13ClN2O2/c1-11-6-14(18)8-15(7-11)20-9-16(17(22)19-20)13-4-2-12(10-21)3-5-13/h2-10H,1H3,(H,19,22). The van der Waals surface area contributed by atoms with Crippen molar-refractivity contribution in [3.8, 4) is 16.8 Å². The van der Waals surface area contributed by atoms with Gasteiger partial charge in [-0.3, -0.25) is 19.4 Å². The van der Waals surface area contributed by atoms with Gasteiger partial charge in [-0.1, -0.05) is 35.9 Å². The fraction of sp³-hybridized carbons (Fsp3) is 0.0588. The van der Waals surface area contributed by atoms with E-state index < -0.39 is 0 Å². The first-order valence-electron chi connectivity index (χ1n) is 6.71. The first kappa shape index (κ1) is 14.4. The summed E-state index contributed by atoms with van der Waals surface area (Å²) in [5.41, 5.74) is 3.47. The number of aromatic nitrogens is 2. The molecule has 3 aromatic rings. The second kappa shape index (κ2) is 5.66. The van der Waals surface area contributed by atoms with Crippen molar-refractivity contribution >= 4 is 17.9 Å². The van der Waals surface area contributed by atoms with Crippen molar-refractivity contribution in [1.29, 1.82) is 0 Å². The molecule has 0 aliphatic carbocycles. The van der Waals surface area contributed by atoms with E-state index in [1.807, 2.05) is 19.1 Å². The molecule has 1 heterocycles. The van der Waals surface area contributed by atoms with Crippen LogP contribution in [0.15, 0.2) is 53.5 Å². The van der Waals surface area contributed by atoms with Gasteiger partial charge >= 0.3 is 0 Å². The maximum absolute atomic E-state index is 12.2. The minimum absolute atomic E-state index is 0.198. The highest BCUT2D eigenvalue weighted by atomic mass is 35.5. The zero-order valence-electron chi connectivity index (χ0n) is 11.8. The van der Waals surface area contributed by atoms with E-state index in [0.29, 0.717) is 16.1 Å². The Kier molecular flexibility index (Phi) is 3.69. The van der Waals surface area contributed by atoms with Gasteiger partial charge in [-0.15, -0.1) is 0 Å². The summed E-state index contributed by atoms with van der Waals surface area (Å²) in [5, 5.41) is 3.39. The van der Waals surface area contributed by atoms with Crippen LogP contribution in [0.5, 0.6) is 0 Å². The van der Waals surface area contributed by atoms with Crippen LogP contribution in [0.4, 0.5) is 0 Å². The highest BCUT2D eigenvalue weighted by Crippen LogP contribution is 2.20. The van der Waals surface area contributed by atoms with Crippen LogP contribution in [0.3, 0.4) is 0 Å². The summed E-state index contributed by atoms with van der Waals surface area (Å²) in [6.07, 6.45) is 2.50. The van der Waals surface area contributed by atoms with Gasteiger partial charge in [0.1, 0.15) is 6.29 Å². The molecule has 0 aliphatic rings. The minimum atomic E-state index is -0.198. The van der Waals surface area contributed by atoms with Crippen molar-refractivity contribution in [1.82, 2.24) is 9.78 Å². The number of hydrogen-bond donors (Lipinski definition) is 1. The zero-order chi connectivity index (χ0) is 15.7. The van der Waals surface area contributed by atoms with E-state index in [1.165, 1.54) is 0 Å². The van der Waals surface area contributed by atoms with Crippen LogP contribution in [0.1, 0.15) is 15.9 Å². The number of carbonyl (C=O) groups is 1. The highest BCUT2D eigenvalue weighted by molar-refractivity contribution is 6.30. The van der Waals surface area contributed by atoms with Gasteiger partial charge in [0, 0.05) is 16.8 Å². The molecule has 0 unspecified atom stereocenters. The molecule has 110 valence electrons. The number of H-pyrrole nitrogens is 1. The number of carbonyl (C=O) groups excluding carboxylic acids is 1. The number of rotatable bonds is 3. The number of aryl methyl sites for hydroxylation is 1. The summed E-state index contributed by atoms with van der Waals surface area (Å²) in [4.78, 5) is 22.8. The molecule has 1 N–H and O–H groups in total. The Morgan fingerprint density at radius 3 is 2.50 bits per heavy atom. The minimum Gasteiger partial charge on any atom is -0.298 e. The Hall–Kier alpha value is -2.59. The molecular formula is C17H13ClN2O2. The van der Waals surface area contributed by atoms with Crippen LogP contribution in [0, 0.1) is 6.92 Å². The van der Waals surface area contributed by atoms with E-state index in [0.717, 1.165) is 23.1 Å². The van der Waals surface area contributed by atoms with Gasteiger partial charge in [0.2, 0.25) is 0 Å². The molecule has 0 saturated heterocycles. The van der Waals surface area contributed by atoms with Crippen LogP contribution >= 0.6 is 11.6 Å². The third-order valence-electron chi connectivity index (χ3n) is 3.39. The zero-order valence-corrected chi connectivity index (χ0v) is 12.6. The summed E-state index contributed by atoms with van der Waals surface area (Å²) < 4.78 is 1.64. The van der Waals surface area contributed by atoms with Crippen LogP contribution in [-0.2, 0) is 0 Å². The van der Waals surface area contributed by atoms with Crippen molar-refractivity contribution in [2.45, 2.75) is 6.92 Å². The molecule has 2 aromatic carbocycles. The van der Waals surface area contributed by atoms with E-state index >= 15 is 0 Å². The fourth-order valence-electron chi connectivity index (χ4n) is 2.33. The second-order valence-corrected chi connectivity index (χ2v) is 5.52. The summed E-state index contributed by atoms with van der Waals surface area (Å²) in [5.74, 6) is 0. The van der Waals surface area contributed by atoms with Gasteiger partial charge in [0.15, 0.2) is 0 Å². The topological polar surface area (TPSA) is 54.9 Å². The van der Waals surface area contributed by atoms with E-state index in [1.54, 1.807) is 41.2 Å². The number of hydrogen-bond acceptors (Lipinski definition) is 2. The van der Waals surface area contributed by atoms with Gasteiger partial charge in [0.25, 0.3) is 5.56 Å². The van der Waals surface area contributed by atoms with Gasteiger partial charge in [-0.2, -0.15) is 0 Å². The van der Waals surface area contributed by atoms with E-state index in [9.17, 15) is 9.59 Å². The van der Waals surface area contributed by atoms with Crippen LogP contribution < -0.4 is 5.56 Å². The van der Waals surface area contributed by atoms with E-state index in [-0.39, 0.29) is 5.56 Å². The van der Waals surface area contributed by atoms with E-state index in [4.69, 9.17) is 11.6 Å². The number of nitrogens with one attached hydrogen (secondary N) is 1. The Bertz CT molecular complexity index is 872. The van der Waals surface area contributed by atoms with Crippen molar-refractivity contribution in [2.24, 2.45) is 0 Å². The van der Waals surface area contributed by atoms with Gasteiger partial charge in [-0.25, -0.2) is 0 Å². The molecule has 0 spiro atoms. The largest absolute Gasteiger partial charge is 0.298 e. The van der Waals surface area contributed by atoms with Gasteiger partial charge in [0.05, 0.1) is 11.3 Å². The Morgan fingerprint density at radius 1 is 1.14 bits per heavy atom. The fourth-order valence-corrected chi connectivity index (χ4v) is 2.62. The van der Waals surface area contributed by atoms with Crippen molar-refractivity contribution in [3.63, 3.8) is 0 Å². The monoisotopic (exact) mass is 312 g/mol. The van der Waals surface area contributed by atoms with Gasteiger partial charge in [-0.05, 0) is 36.2 Å². The predicted octanol–water partition coefficient (Wildman–Crippen LogP) is 3.61. The molecular weight excluding hydrogens is 300 g/mol. The molecule has 0 radical (unpaired) electrons. The molecule has 4 nitrogen and oxygen atoms in total. The molecule has 0 atom stereocenters. The average Bonchev–Trinajstić information content (AvgIpc) is 2.88. The average molecular weight is 313 g/mol. The number of aldehydes is 1. The molecule has 0 aliphatic heterocycles. The second-order valence-electron chi connectivity index (χ2n) is 5.08. The molecule has 3 rings (SSSR count). The Labute approximate surface area is 132 Å². The quantitative estimate of drug-likeness (QED) is 0.751. The van der Waals surface area contributed by atoms with E-state index in [2.05, 4.69) is 5.10 Å². The lowest BCUT2D eigenvalue weighted by Crippen LogP contribution is -2.05. The molecule has 1 aromatic heterocycles.